The molecule has 0 unspecified atom stereocenters. The molecule has 3 heteroatoms. The minimum absolute atomic E-state index is 0.203. The molecule has 2 aromatic rings. The Balaban J connectivity index is 2.56. The van der Waals surface area contributed by atoms with Crippen LogP contribution in [0.1, 0.15) is 5.69 Å². The minimum Gasteiger partial charge on any atom is -0.285 e. The highest BCUT2D eigenvalue weighted by atomic mass is 19.1. The Morgan fingerprint density at radius 3 is 2.40 bits per heavy atom. The number of hydrogen-bond acceptors (Lipinski definition) is 1. The highest BCUT2D eigenvalue weighted by Gasteiger charge is 2.14. The maximum atomic E-state index is 13.3. The van der Waals surface area contributed by atoms with Crippen molar-refractivity contribution < 1.29 is 14.3 Å². The van der Waals surface area contributed by atoms with Crippen LogP contribution in [0.2, 0.25) is 0 Å². The van der Waals surface area contributed by atoms with Crippen LogP contribution in [0.15, 0.2) is 42.6 Å². The van der Waals surface area contributed by atoms with Crippen LogP contribution in [-0.2, 0) is 0 Å². The maximum absolute atomic E-state index is 13.3. The summed E-state index contributed by atoms with van der Waals surface area (Å²) >= 11 is 0. The molecule has 0 aliphatic heterocycles. The van der Waals surface area contributed by atoms with Gasteiger partial charge in [-0.1, -0.05) is 30.3 Å². The molecule has 0 aliphatic carbocycles. The van der Waals surface area contributed by atoms with E-state index < -0.39 is 5.82 Å². The standard InChI is InChI=1S/C12H11FNO/c1-9-12(13)7-11(8-14(9)15)10-5-3-2-4-6-10/h2-8,15H,1H3/q+1. The van der Waals surface area contributed by atoms with Gasteiger partial charge >= 0.3 is 0 Å². The molecule has 15 heavy (non-hydrogen) atoms. The summed E-state index contributed by atoms with van der Waals surface area (Å²) in [6.07, 6.45) is 1.49. The number of nitrogens with zero attached hydrogens (tertiary/aromatic N) is 1. The van der Waals surface area contributed by atoms with E-state index in [0.717, 1.165) is 10.3 Å². The number of aromatic nitrogens is 1. The van der Waals surface area contributed by atoms with Gasteiger partial charge in [-0.3, -0.25) is 5.21 Å². The molecular formula is C12H11FNO+. The van der Waals surface area contributed by atoms with Gasteiger partial charge in [0.05, 0.1) is 5.56 Å². The van der Waals surface area contributed by atoms with Gasteiger partial charge in [0.15, 0.2) is 5.82 Å². The van der Waals surface area contributed by atoms with Crippen molar-refractivity contribution in [1.82, 2.24) is 0 Å². The van der Waals surface area contributed by atoms with Crippen LogP contribution in [0.5, 0.6) is 0 Å². The molecule has 0 saturated carbocycles. The van der Waals surface area contributed by atoms with Crippen LogP contribution < -0.4 is 4.73 Å². The summed E-state index contributed by atoms with van der Waals surface area (Å²) in [6, 6.07) is 10.8. The first-order valence-corrected chi connectivity index (χ1v) is 4.65. The Labute approximate surface area is 87.2 Å². The molecule has 1 heterocycles. The second-order valence-corrected chi connectivity index (χ2v) is 3.37. The van der Waals surface area contributed by atoms with Gasteiger partial charge in [-0.15, -0.1) is 0 Å². The Kier molecular flexibility index (Phi) is 2.37. The average Bonchev–Trinajstić information content (AvgIpc) is 2.26. The number of benzene rings is 1. The van der Waals surface area contributed by atoms with Crippen LogP contribution in [0, 0.1) is 12.7 Å². The molecule has 2 rings (SSSR count). The monoisotopic (exact) mass is 204 g/mol. The third-order valence-corrected chi connectivity index (χ3v) is 2.34. The lowest BCUT2D eigenvalue weighted by Crippen LogP contribution is -2.34. The van der Waals surface area contributed by atoms with Gasteiger partial charge in [-0.2, -0.15) is 4.39 Å². The van der Waals surface area contributed by atoms with Gasteiger partial charge in [0, 0.05) is 11.7 Å². The zero-order valence-electron chi connectivity index (χ0n) is 8.31. The second kappa shape index (κ2) is 3.69. The predicted molar refractivity (Wildman–Crippen MR) is 54.0 cm³/mol. The van der Waals surface area contributed by atoms with Crippen molar-refractivity contribution in [3.8, 4) is 11.1 Å². The van der Waals surface area contributed by atoms with E-state index in [2.05, 4.69) is 0 Å². The lowest BCUT2D eigenvalue weighted by Gasteiger charge is -1.99. The van der Waals surface area contributed by atoms with Crippen LogP contribution in [0.25, 0.3) is 11.1 Å². The van der Waals surface area contributed by atoms with Crippen molar-refractivity contribution in [2.24, 2.45) is 0 Å². The molecule has 0 aliphatic rings. The minimum atomic E-state index is -0.418. The highest BCUT2D eigenvalue weighted by Crippen LogP contribution is 2.18. The number of halogens is 1. The first-order chi connectivity index (χ1) is 7.18. The Hall–Kier alpha value is -1.90. The van der Waals surface area contributed by atoms with Crippen molar-refractivity contribution in [3.63, 3.8) is 0 Å². The zero-order chi connectivity index (χ0) is 10.8. The van der Waals surface area contributed by atoms with Gasteiger partial charge in [0.2, 0.25) is 6.20 Å². The molecule has 2 nitrogen and oxygen atoms in total. The quantitative estimate of drug-likeness (QED) is 0.559. The van der Waals surface area contributed by atoms with Crippen molar-refractivity contribution in [2.75, 3.05) is 0 Å². The summed E-state index contributed by atoms with van der Waals surface area (Å²) in [7, 11) is 0. The van der Waals surface area contributed by atoms with Crippen LogP contribution in [-0.4, -0.2) is 5.21 Å². The van der Waals surface area contributed by atoms with E-state index in [-0.39, 0.29) is 5.69 Å². The van der Waals surface area contributed by atoms with Gasteiger partial charge in [-0.05, 0) is 11.6 Å². The second-order valence-electron chi connectivity index (χ2n) is 3.37. The molecule has 1 aromatic carbocycles. The fourth-order valence-electron chi connectivity index (χ4n) is 1.40. The first-order valence-electron chi connectivity index (χ1n) is 4.65. The molecule has 0 spiro atoms. The van der Waals surface area contributed by atoms with E-state index in [9.17, 15) is 9.60 Å². The summed E-state index contributed by atoms with van der Waals surface area (Å²) in [5, 5.41) is 9.42. The fraction of sp³-hybridized carbons (Fsp3) is 0.0833. The zero-order valence-corrected chi connectivity index (χ0v) is 8.31. The van der Waals surface area contributed by atoms with Gasteiger partial charge in [0.25, 0.3) is 5.69 Å². The Morgan fingerprint density at radius 2 is 1.80 bits per heavy atom. The summed E-state index contributed by atoms with van der Waals surface area (Å²) in [4.78, 5) is 0. The SMILES string of the molecule is Cc1c(F)cc(-c2ccccc2)c[n+]1O. The van der Waals surface area contributed by atoms with E-state index in [4.69, 9.17) is 0 Å². The molecule has 0 saturated heterocycles. The lowest BCUT2D eigenvalue weighted by molar-refractivity contribution is -0.909. The number of pyridine rings is 1. The average molecular weight is 204 g/mol. The molecule has 0 fully saturated rings. The molecule has 1 aromatic heterocycles. The first kappa shape index (κ1) is 9.65. The summed E-state index contributed by atoms with van der Waals surface area (Å²) in [6.45, 7) is 1.52. The Bertz CT molecular complexity index is 459. The normalized spacial score (nSPS) is 10.3. The van der Waals surface area contributed by atoms with Gasteiger partial charge < -0.3 is 0 Å². The summed E-state index contributed by atoms with van der Waals surface area (Å²) in [5.74, 6) is -0.418. The molecule has 0 atom stereocenters. The molecule has 1 N–H and O–H groups in total. The number of rotatable bonds is 1. The van der Waals surface area contributed by atoms with Gasteiger partial charge in [-0.25, -0.2) is 0 Å². The largest absolute Gasteiger partial charge is 0.285 e. The smallest absolute Gasteiger partial charge is 0.266 e. The van der Waals surface area contributed by atoms with E-state index in [0.29, 0.717) is 5.56 Å². The Morgan fingerprint density at radius 1 is 1.13 bits per heavy atom. The molecule has 0 radical (unpaired) electrons. The predicted octanol–water partition coefficient (Wildman–Crippen LogP) is 2.33. The van der Waals surface area contributed by atoms with Crippen LogP contribution in [0.4, 0.5) is 4.39 Å². The summed E-state index contributed by atoms with van der Waals surface area (Å²) < 4.78 is 14.1. The number of hydrogen-bond donors (Lipinski definition) is 1. The topological polar surface area (TPSA) is 24.1 Å². The fourth-order valence-corrected chi connectivity index (χ4v) is 1.40. The highest BCUT2D eigenvalue weighted by molar-refractivity contribution is 5.61. The molecule has 0 amide bonds. The van der Waals surface area contributed by atoms with Crippen molar-refractivity contribution in [1.29, 1.82) is 0 Å². The van der Waals surface area contributed by atoms with E-state index >= 15 is 0 Å². The van der Waals surface area contributed by atoms with Gasteiger partial charge in [0.1, 0.15) is 0 Å². The van der Waals surface area contributed by atoms with Crippen molar-refractivity contribution in [2.45, 2.75) is 6.92 Å². The molecule has 76 valence electrons. The van der Waals surface area contributed by atoms with E-state index in [1.54, 1.807) is 0 Å². The lowest BCUT2D eigenvalue weighted by atomic mass is 10.1. The maximum Gasteiger partial charge on any atom is 0.266 e. The van der Waals surface area contributed by atoms with E-state index in [1.807, 2.05) is 30.3 Å². The molecule has 0 bridgehead atoms. The van der Waals surface area contributed by atoms with Crippen molar-refractivity contribution in [3.05, 3.63) is 54.1 Å². The van der Waals surface area contributed by atoms with E-state index in [1.165, 1.54) is 19.2 Å². The molecular weight excluding hydrogens is 193 g/mol. The van der Waals surface area contributed by atoms with Crippen molar-refractivity contribution >= 4 is 0 Å². The third kappa shape index (κ3) is 1.81. The van der Waals surface area contributed by atoms with Crippen LogP contribution >= 0.6 is 0 Å². The van der Waals surface area contributed by atoms with Crippen LogP contribution in [0.3, 0.4) is 0 Å². The summed E-state index contributed by atoms with van der Waals surface area (Å²) in [5.41, 5.74) is 1.73. The third-order valence-electron chi connectivity index (χ3n) is 2.34.